The summed E-state index contributed by atoms with van der Waals surface area (Å²) < 4.78 is 0. The standard InChI is InChI=1S/C4H7ClO2.C3H5ClO2/c1-3(2-5)4(6)7;4-2-1-3(5)6/h3H,2H2,1H3,(H,6,7);1-2H2,(H,5,6). The van der Waals surface area contributed by atoms with E-state index in [2.05, 4.69) is 0 Å². The Kier molecular flexibility index (Phi) is 11.1. The Balaban J connectivity index is 0. The van der Waals surface area contributed by atoms with Crippen molar-refractivity contribution in [3.63, 3.8) is 0 Å². The molecule has 0 bridgehead atoms. The van der Waals surface area contributed by atoms with Gasteiger partial charge in [0.2, 0.25) is 0 Å². The van der Waals surface area contributed by atoms with Crippen LogP contribution in [0.5, 0.6) is 0 Å². The van der Waals surface area contributed by atoms with Crippen molar-refractivity contribution in [1.29, 1.82) is 0 Å². The third kappa shape index (κ3) is 14.4. The molecular formula is C7H12Cl2O4. The Morgan fingerprint density at radius 3 is 1.77 bits per heavy atom. The van der Waals surface area contributed by atoms with Gasteiger partial charge in [0.1, 0.15) is 0 Å². The van der Waals surface area contributed by atoms with Crippen LogP contribution in [0.1, 0.15) is 13.3 Å². The molecule has 0 rings (SSSR count). The van der Waals surface area contributed by atoms with Crippen LogP contribution in [0, 0.1) is 5.92 Å². The van der Waals surface area contributed by atoms with Crippen LogP contribution in [-0.2, 0) is 9.59 Å². The van der Waals surface area contributed by atoms with Crippen molar-refractivity contribution in [3.05, 3.63) is 0 Å². The maximum absolute atomic E-state index is 9.85. The lowest BCUT2D eigenvalue weighted by molar-refractivity contribution is -0.140. The molecule has 0 spiro atoms. The zero-order chi connectivity index (χ0) is 10.9. The number of alkyl halides is 2. The third-order valence-corrected chi connectivity index (χ3v) is 1.61. The van der Waals surface area contributed by atoms with Crippen molar-refractivity contribution in [2.45, 2.75) is 13.3 Å². The van der Waals surface area contributed by atoms with E-state index in [0.29, 0.717) is 0 Å². The first kappa shape index (κ1) is 15.0. The fraction of sp³-hybridized carbons (Fsp3) is 0.714. The molecule has 0 radical (unpaired) electrons. The Hall–Kier alpha value is -0.480. The molecule has 0 saturated heterocycles. The molecule has 0 aliphatic carbocycles. The van der Waals surface area contributed by atoms with Gasteiger partial charge in [0.25, 0.3) is 0 Å². The van der Waals surface area contributed by atoms with Crippen molar-refractivity contribution >= 4 is 35.1 Å². The van der Waals surface area contributed by atoms with Gasteiger partial charge in [0.05, 0.1) is 12.3 Å². The fourth-order valence-electron chi connectivity index (χ4n) is 0.147. The van der Waals surface area contributed by atoms with Gasteiger partial charge < -0.3 is 10.2 Å². The molecule has 0 aromatic carbocycles. The van der Waals surface area contributed by atoms with Crippen molar-refractivity contribution in [3.8, 4) is 0 Å². The molecule has 0 fully saturated rings. The Morgan fingerprint density at radius 1 is 1.31 bits per heavy atom. The number of hydrogen-bond acceptors (Lipinski definition) is 2. The number of hydrogen-bond donors (Lipinski definition) is 2. The maximum atomic E-state index is 9.85. The van der Waals surface area contributed by atoms with Gasteiger partial charge in [-0.3, -0.25) is 9.59 Å². The van der Waals surface area contributed by atoms with Crippen LogP contribution in [0.3, 0.4) is 0 Å². The number of carboxylic acids is 2. The van der Waals surface area contributed by atoms with E-state index < -0.39 is 17.9 Å². The summed E-state index contributed by atoms with van der Waals surface area (Å²) in [5.74, 6) is -1.70. The van der Waals surface area contributed by atoms with Gasteiger partial charge in [-0.1, -0.05) is 6.92 Å². The molecule has 0 aromatic heterocycles. The maximum Gasteiger partial charge on any atom is 0.307 e. The topological polar surface area (TPSA) is 74.6 Å². The summed E-state index contributed by atoms with van der Waals surface area (Å²) >= 11 is 10.2. The minimum absolute atomic E-state index is 0.0571. The quantitative estimate of drug-likeness (QED) is 0.721. The summed E-state index contributed by atoms with van der Waals surface area (Å²) in [4.78, 5) is 19.4. The number of carbonyl (C=O) groups is 2. The smallest absolute Gasteiger partial charge is 0.307 e. The molecule has 4 nitrogen and oxygen atoms in total. The lowest BCUT2D eigenvalue weighted by Crippen LogP contribution is -2.09. The zero-order valence-electron chi connectivity index (χ0n) is 7.17. The van der Waals surface area contributed by atoms with E-state index in [4.69, 9.17) is 33.4 Å². The zero-order valence-corrected chi connectivity index (χ0v) is 8.68. The number of rotatable bonds is 4. The van der Waals surface area contributed by atoms with Crippen molar-refractivity contribution in [2.75, 3.05) is 11.8 Å². The molecule has 13 heavy (non-hydrogen) atoms. The molecule has 0 amide bonds. The van der Waals surface area contributed by atoms with Gasteiger partial charge in [-0.25, -0.2) is 0 Å². The highest BCUT2D eigenvalue weighted by Gasteiger charge is 2.06. The van der Waals surface area contributed by atoms with Crippen LogP contribution in [0.15, 0.2) is 0 Å². The minimum Gasteiger partial charge on any atom is -0.481 e. The van der Waals surface area contributed by atoms with E-state index in [0.717, 1.165) is 0 Å². The second kappa shape index (κ2) is 9.61. The first-order valence-corrected chi connectivity index (χ1v) is 4.59. The number of halogens is 2. The SMILES string of the molecule is CC(CCl)C(=O)O.O=C(O)CCCl. The van der Waals surface area contributed by atoms with Gasteiger partial charge >= 0.3 is 11.9 Å². The number of aliphatic carboxylic acids is 2. The fourth-order valence-corrected chi connectivity index (χ4v) is 0.441. The van der Waals surface area contributed by atoms with Crippen LogP contribution in [-0.4, -0.2) is 33.9 Å². The molecule has 78 valence electrons. The highest BCUT2D eigenvalue weighted by molar-refractivity contribution is 6.19. The van der Waals surface area contributed by atoms with Gasteiger partial charge in [0, 0.05) is 11.8 Å². The Morgan fingerprint density at radius 2 is 1.77 bits per heavy atom. The van der Waals surface area contributed by atoms with Crippen molar-refractivity contribution in [1.82, 2.24) is 0 Å². The van der Waals surface area contributed by atoms with Crippen molar-refractivity contribution < 1.29 is 19.8 Å². The predicted octanol–water partition coefficient (Wildman–Crippen LogP) is 1.65. The van der Waals surface area contributed by atoms with E-state index >= 15 is 0 Å². The highest BCUT2D eigenvalue weighted by atomic mass is 35.5. The molecular weight excluding hydrogens is 219 g/mol. The molecule has 0 heterocycles. The van der Waals surface area contributed by atoms with E-state index in [9.17, 15) is 9.59 Å². The second-order valence-corrected chi connectivity index (χ2v) is 2.91. The van der Waals surface area contributed by atoms with Gasteiger partial charge in [-0.15, -0.1) is 23.2 Å². The average Bonchev–Trinajstić information content (AvgIpc) is 2.03. The molecule has 1 atom stereocenters. The Labute approximate surface area is 86.5 Å². The molecule has 0 aromatic rings. The summed E-state index contributed by atoms with van der Waals surface area (Å²) in [5, 5.41) is 15.9. The van der Waals surface area contributed by atoms with Crippen LogP contribution in [0.2, 0.25) is 0 Å². The minimum atomic E-state index is -0.843. The third-order valence-electron chi connectivity index (χ3n) is 0.961. The van der Waals surface area contributed by atoms with E-state index in [1.54, 1.807) is 6.92 Å². The molecule has 2 N–H and O–H groups in total. The first-order valence-electron chi connectivity index (χ1n) is 3.52. The average molecular weight is 231 g/mol. The molecule has 0 saturated carbocycles. The Bertz CT molecular complexity index is 161. The largest absolute Gasteiger partial charge is 0.481 e. The first-order chi connectivity index (χ1) is 5.95. The van der Waals surface area contributed by atoms with Crippen LogP contribution < -0.4 is 0 Å². The molecule has 0 aliphatic rings. The van der Waals surface area contributed by atoms with Crippen molar-refractivity contribution in [2.24, 2.45) is 5.92 Å². The summed E-state index contributed by atoms with van der Waals surface area (Å²) in [6, 6.07) is 0. The van der Waals surface area contributed by atoms with Gasteiger partial charge in [0.15, 0.2) is 0 Å². The lowest BCUT2D eigenvalue weighted by atomic mass is 10.2. The van der Waals surface area contributed by atoms with Crippen LogP contribution in [0.25, 0.3) is 0 Å². The summed E-state index contributed by atoms with van der Waals surface area (Å²) in [5.41, 5.74) is 0. The summed E-state index contributed by atoms with van der Waals surface area (Å²) in [7, 11) is 0. The van der Waals surface area contributed by atoms with Crippen LogP contribution in [0.4, 0.5) is 0 Å². The number of carboxylic acid groups (broad SMARTS) is 2. The van der Waals surface area contributed by atoms with Gasteiger partial charge in [-0.2, -0.15) is 0 Å². The lowest BCUT2D eigenvalue weighted by Gasteiger charge is -1.94. The van der Waals surface area contributed by atoms with Gasteiger partial charge in [-0.05, 0) is 0 Å². The van der Waals surface area contributed by atoms with Crippen LogP contribution >= 0.6 is 23.2 Å². The predicted molar refractivity (Wildman–Crippen MR) is 50.5 cm³/mol. The summed E-state index contributed by atoms with van der Waals surface area (Å²) in [6.45, 7) is 1.56. The highest BCUT2D eigenvalue weighted by Crippen LogP contribution is 1.95. The molecule has 6 heteroatoms. The van der Waals surface area contributed by atoms with E-state index in [1.807, 2.05) is 0 Å². The van der Waals surface area contributed by atoms with E-state index in [-0.39, 0.29) is 18.2 Å². The second-order valence-electron chi connectivity index (χ2n) is 2.23. The normalized spacial score (nSPS) is 11.0. The molecule has 1 unspecified atom stereocenters. The monoisotopic (exact) mass is 230 g/mol. The van der Waals surface area contributed by atoms with E-state index in [1.165, 1.54) is 0 Å². The summed E-state index contributed by atoms with van der Waals surface area (Å²) in [6.07, 6.45) is 0.0571. The molecule has 0 aliphatic heterocycles.